The lowest BCUT2D eigenvalue weighted by atomic mass is 10.0. The lowest BCUT2D eigenvalue weighted by molar-refractivity contribution is -0.138. The van der Waals surface area contributed by atoms with Gasteiger partial charge in [0.05, 0.1) is 16.5 Å². The largest absolute Gasteiger partial charge is 0.434 e. The Hall–Kier alpha value is -1.37. The lowest BCUT2D eigenvalue weighted by Crippen LogP contribution is -2.15. The van der Waals surface area contributed by atoms with Crippen molar-refractivity contribution in [3.63, 3.8) is 0 Å². The topological polar surface area (TPSA) is 26.3 Å². The summed E-state index contributed by atoms with van der Waals surface area (Å²) in [5, 5.41) is -1.07. The molecule has 0 fully saturated rings. The van der Waals surface area contributed by atoms with E-state index in [2.05, 4.69) is 4.74 Å². The van der Waals surface area contributed by atoms with Crippen molar-refractivity contribution in [3.05, 3.63) is 29.3 Å². The average molecular weight is 303 g/mol. The molecule has 0 saturated heterocycles. The van der Waals surface area contributed by atoms with Crippen molar-refractivity contribution in [2.24, 2.45) is 0 Å². The molecule has 1 atom stereocenters. The number of Topliss-reactive ketones (excluding diaryl/α,β-unsaturated/α-hetero) is 1. The second-order valence-electron chi connectivity index (χ2n) is 3.57. The summed E-state index contributed by atoms with van der Waals surface area (Å²) in [5.41, 5.74) is -1.61. The molecule has 0 bridgehead atoms. The standard InChI is InChI=1S/C11H8ClF5O2/c1-5(12)9(18)7-3-2-6(11(15,16)17)4-8(7)19-10(13)14/h2-5,10H,1H3. The number of hydrogen-bond donors (Lipinski definition) is 0. The Labute approximate surface area is 110 Å². The first-order valence-corrected chi connectivity index (χ1v) is 5.41. The zero-order valence-corrected chi connectivity index (χ0v) is 10.2. The van der Waals surface area contributed by atoms with E-state index in [0.717, 1.165) is 6.07 Å². The van der Waals surface area contributed by atoms with E-state index in [0.29, 0.717) is 12.1 Å². The van der Waals surface area contributed by atoms with Crippen LogP contribution in [-0.4, -0.2) is 17.8 Å². The Balaban J connectivity index is 3.28. The predicted molar refractivity (Wildman–Crippen MR) is 57.7 cm³/mol. The molecule has 1 aromatic rings. The molecule has 1 unspecified atom stereocenters. The van der Waals surface area contributed by atoms with Gasteiger partial charge in [-0.2, -0.15) is 22.0 Å². The SMILES string of the molecule is CC(Cl)C(=O)c1ccc(C(F)(F)F)cc1OC(F)F. The van der Waals surface area contributed by atoms with Crippen molar-refractivity contribution in [1.29, 1.82) is 0 Å². The van der Waals surface area contributed by atoms with Crippen LogP contribution in [0.4, 0.5) is 22.0 Å². The number of carbonyl (C=O) groups excluding carboxylic acids is 1. The highest BCUT2D eigenvalue weighted by Gasteiger charge is 2.32. The van der Waals surface area contributed by atoms with Gasteiger partial charge in [-0.15, -0.1) is 11.6 Å². The molecule has 0 aliphatic heterocycles. The van der Waals surface area contributed by atoms with Crippen molar-refractivity contribution in [2.75, 3.05) is 0 Å². The van der Waals surface area contributed by atoms with Crippen molar-refractivity contribution >= 4 is 17.4 Å². The fourth-order valence-corrected chi connectivity index (χ4v) is 1.43. The zero-order chi connectivity index (χ0) is 14.8. The van der Waals surface area contributed by atoms with E-state index in [9.17, 15) is 26.7 Å². The van der Waals surface area contributed by atoms with Gasteiger partial charge in [-0.25, -0.2) is 0 Å². The van der Waals surface area contributed by atoms with Gasteiger partial charge in [-0.3, -0.25) is 4.79 Å². The molecule has 2 nitrogen and oxygen atoms in total. The number of carbonyl (C=O) groups is 1. The van der Waals surface area contributed by atoms with E-state index in [1.165, 1.54) is 6.92 Å². The molecule has 0 saturated carbocycles. The van der Waals surface area contributed by atoms with Gasteiger partial charge < -0.3 is 4.74 Å². The fourth-order valence-electron chi connectivity index (χ4n) is 1.31. The molecule has 0 amide bonds. The van der Waals surface area contributed by atoms with Crippen molar-refractivity contribution in [3.8, 4) is 5.75 Å². The van der Waals surface area contributed by atoms with Gasteiger partial charge in [0.25, 0.3) is 0 Å². The third-order valence-corrected chi connectivity index (χ3v) is 2.35. The van der Waals surface area contributed by atoms with Crippen molar-refractivity contribution < 1.29 is 31.5 Å². The number of alkyl halides is 6. The predicted octanol–water partition coefficient (Wildman–Crippen LogP) is 4.12. The number of hydrogen-bond acceptors (Lipinski definition) is 2. The first-order chi connectivity index (χ1) is 8.62. The van der Waals surface area contributed by atoms with Crippen LogP contribution in [0.1, 0.15) is 22.8 Å². The molecule has 0 spiro atoms. The highest BCUT2D eigenvalue weighted by Crippen LogP contribution is 2.34. The van der Waals surface area contributed by atoms with Crippen LogP contribution in [0, 0.1) is 0 Å². The number of rotatable bonds is 4. The molecule has 1 rings (SSSR count). The van der Waals surface area contributed by atoms with Gasteiger partial charge in [0.15, 0.2) is 5.78 Å². The zero-order valence-electron chi connectivity index (χ0n) is 9.47. The highest BCUT2D eigenvalue weighted by atomic mass is 35.5. The Bertz CT molecular complexity index is 471. The summed E-state index contributed by atoms with van der Waals surface area (Å²) in [6, 6.07) is 1.71. The first-order valence-electron chi connectivity index (χ1n) is 4.97. The number of ether oxygens (including phenoxy) is 1. The second-order valence-corrected chi connectivity index (χ2v) is 4.22. The Morgan fingerprint density at radius 1 is 1.32 bits per heavy atom. The molecule has 0 aliphatic carbocycles. The minimum Gasteiger partial charge on any atom is -0.434 e. The number of halogens is 6. The van der Waals surface area contributed by atoms with Gasteiger partial charge in [0.2, 0.25) is 0 Å². The summed E-state index contributed by atoms with van der Waals surface area (Å²) in [6.07, 6.45) is -4.73. The van der Waals surface area contributed by atoms with E-state index in [1.54, 1.807) is 0 Å². The van der Waals surface area contributed by atoms with Gasteiger partial charge in [0, 0.05) is 0 Å². The van der Waals surface area contributed by atoms with Crippen LogP contribution in [0.5, 0.6) is 5.75 Å². The van der Waals surface area contributed by atoms with Crippen LogP contribution < -0.4 is 4.74 Å². The van der Waals surface area contributed by atoms with Crippen LogP contribution in [-0.2, 0) is 6.18 Å². The van der Waals surface area contributed by atoms with E-state index in [1.807, 2.05) is 0 Å². The number of ketones is 1. The molecule has 8 heteroatoms. The Morgan fingerprint density at radius 2 is 1.89 bits per heavy atom. The third kappa shape index (κ3) is 4.05. The first kappa shape index (κ1) is 15.7. The maximum absolute atomic E-state index is 12.4. The highest BCUT2D eigenvalue weighted by molar-refractivity contribution is 6.33. The molecular formula is C11H8ClF5O2. The van der Waals surface area contributed by atoms with Gasteiger partial charge >= 0.3 is 12.8 Å². The summed E-state index contributed by atoms with van der Waals surface area (Å²) in [5.74, 6) is -1.65. The normalized spacial score (nSPS) is 13.5. The van der Waals surface area contributed by atoms with Gasteiger partial charge in [-0.1, -0.05) is 0 Å². The molecule has 0 heterocycles. The summed E-state index contributed by atoms with van der Waals surface area (Å²) < 4.78 is 65.6. The molecule has 0 N–H and O–H groups in total. The van der Waals surface area contributed by atoms with Gasteiger partial charge in [-0.05, 0) is 25.1 Å². The summed E-state index contributed by atoms with van der Waals surface area (Å²) >= 11 is 5.49. The average Bonchev–Trinajstić information content (AvgIpc) is 2.25. The minimum atomic E-state index is -4.73. The summed E-state index contributed by atoms with van der Waals surface area (Å²) in [4.78, 5) is 11.6. The van der Waals surface area contributed by atoms with E-state index >= 15 is 0 Å². The van der Waals surface area contributed by atoms with Crippen LogP contribution in [0.25, 0.3) is 0 Å². The number of benzene rings is 1. The van der Waals surface area contributed by atoms with Crippen LogP contribution in [0.15, 0.2) is 18.2 Å². The monoisotopic (exact) mass is 302 g/mol. The Morgan fingerprint density at radius 3 is 2.32 bits per heavy atom. The van der Waals surface area contributed by atoms with Crippen LogP contribution in [0.2, 0.25) is 0 Å². The van der Waals surface area contributed by atoms with Crippen LogP contribution >= 0.6 is 11.6 Å². The molecule has 1 aromatic carbocycles. The molecule has 106 valence electrons. The van der Waals surface area contributed by atoms with E-state index in [4.69, 9.17) is 11.6 Å². The van der Waals surface area contributed by atoms with Gasteiger partial charge in [0.1, 0.15) is 5.75 Å². The summed E-state index contributed by atoms with van der Waals surface area (Å²) in [7, 11) is 0. The molecule has 0 aliphatic rings. The maximum atomic E-state index is 12.4. The maximum Gasteiger partial charge on any atom is 0.416 e. The smallest absolute Gasteiger partial charge is 0.416 e. The molecular weight excluding hydrogens is 295 g/mol. The second kappa shape index (κ2) is 5.73. The van der Waals surface area contributed by atoms with E-state index < -0.39 is 40.8 Å². The lowest BCUT2D eigenvalue weighted by Gasteiger charge is -2.14. The van der Waals surface area contributed by atoms with Crippen molar-refractivity contribution in [2.45, 2.75) is 25.1 Å². The Kier molecular flexibility index (Phi) is 4.73. The third-order valence-electron chi connectivity index (χ3n) is 2.15. The van der Waals surface area contributed by atoms with Crippen molar-refractivity contribution in [1.82, 2.24) is 0 Å². The summed E-state index contributed by atoms with van der Waals surface area (Å²) in [6.45, 7) is -2.08. The molecule has 0 aromatic heterocycles. The quantitative estimate of drug-likeness (QED) is 0.475. The molecule has 19 heavy (non-hydrogen) atoms. The fraction of sp³-hybridized carbons (Fsp3) is 0.364. The minimum absolute atomic E-state index is 0.346. The van der Waals surface area contributed by atoms with E-state index in [-0.39, 0.29) is 0 Å². The molecule has 0 radical (unpaired) electrons. The van der Waals surface area contributed by atoms with Crippen LogP contribution in [0.3, 0.4) is 0 Å².